The quantitative estimate of drug-likeness (QED) is 0.930. The molecule has 104 valence electrons. The maximum atomic E-state index is 6.18. The molecule has 0 fully saturated rings. The molecule has 0 amide bonds. The van der Waals surface area contributed by atoms with E-state index in [2.05, 4.69) is 41.3 Å². The minimum atomic E-state index is 0.211. The molecule has 1 aliphatic rings. The third-order valence-corrected chi connectivity index (χ3v) is 3.80. The number of para-hydroxylation sites is 1. The Labute approximate surface area is 120 Å². The summed E-state index contributed by atoms with van der Waals surface area (Å²) < 4.78 is 5.20. The molecule has 0 bridgehead atoms. The predicted molar refractivity (Wildman–Crippen MR) is 82.2 cm³/mol. The van der Waals surface area contributed by atoms with Crippen molar-refractivity contribution in [2.45, 2.75) is 19.0 Å². The second kappa shape index (κ2) is 5.55. The summed E-state index contributed by atoms with van der Waals surface area (Å²) in [7, 11) is 1.69. The molecule has 20 heavy (non-hydrogen) atoms. The molecule has 0 saturated carbocycles. The van der Waals surface area contributed by atoms with Crippen LogP contribution in [0.25, 0.3) is 0 Å². The Morgan fingerprint density at radius 1 is 1.15 bits per heavy atom. The van der Waals surface area contributed by atoms with Gasteiger partial charge in [0.25, 0.3) is 0 Å². The average molecular weight is 268 g/mol. The summed E-state index contributed by atoms with van der Waals surface area (Å²) in [5, 5.41) is 0. The molecule has 1 heterocycles. The Morgan fingerprint density at radius 2 is 1.90 bits per heavy atom. The number of hydrogen-bond acceptors (Lipinski definition) is 3. The molecule has 2 aromatic rings. The van der Waals surface area contributed by atoms with Crippen LogP contribution in [0.4, 0.5) is 5.69 Å². The third kappa shape index (κ3) is 2.63. The summed E-state index contributed by atoms with van der Waals surface area (Å²) >= 11 is 0. The molecule has 1 aliphatic heterocycles. The standard InChI is InChI=1S/C17H20N2O/c1-20-16-8-6-13(7-9-16)11-19-12-15(18)10-14-4-2-3-5-17(14)19/h2-9,15H,10-12,18H2,1H3. The van der Waals surface area contributed by atoms with Crippen molar-refractivity contribution in [3.8, 4) is 5.75 Å². The first-order valence-electron chi connectivity index (χ1n) is 6.97. The number of methoxy groups -OCH3 is 1. The van der Waals surface area contributed by atoms with Crippen LogP contribution in [-0.2, 0) is 13.0 Å². The second-order valence-corrected chi connectivity index (χ2v) is 5.32. The van der Waals surface area contributed by atoms with E-state index >= 15 is 0 Å². The van der Waals surface area contributed by atoms with E-state index in [4.69, 9.17) is 10.5 Å². The Morgan fingerprint density at radius 3 is 2.65 bits per heavy atom. The Bertz CT molecular complexity index is 580. The number of anilines is 1. The fraction of sp³-hybridized carbons (Fsp3) is 0.294. The van der Waals surface area contributed by atoms with E-state index in [1.807, 2.05) is 12.1 Å². The SMILES string of the molecule is COc1ccc(CN2CC(N)Cc3ccccc32)cc1. The lowest BCUT2D eigenvalue weighted by Crippen LogP contribution is -2.42. The topological polar surface area (TPSA) is 38.5 Å². The minimum Gasteiger partial charge on any atom is -0.497 e. The highest BCUT2D eigenvalue weighted by Crippen LogP contribution is 2.28. The number of nitrogens with zero attached hydrogens (tertiary/aromatic N) is 1. The molecular weight excluding hydrogens is 248 g/mol. The smallest absolute Gasteiger partial charge is 0.118 e. The lowest BCUT2D eigenvalue weighted by molar-refractivity contribution is 0.414. The monoisotopic (exact) mass is 268 g/mol. The number of benzene rings is 2. The lowest BCUT2D eigenvalue weighted by atomic mass is 9.98. The summed E-state index contributed by atoms with van der Waals surface area (Å²) in [6.45, 7) is 1.79. The van der Waals surface area contributed by atoms with Gasteiger partial charge >= 0.3 is 0 Å². The molecule has 0 radical (unpaired) electrons. The van der Waals surface area contributed by atoms with Gasteiger partial charge in [-0.15, -0.1) is 0 Å². The van der Waals surface area contributed by atoms with Gasteiger partial charge in [-0.2, -0.15) is 0 Å². The van der Waals surface area contributed by atoms with Crippen molar-refractivity contribution in [1.29, 1.82) is 0 Å². The largest absolute Gasteiger partial charge is 0.497 e. The molecule has 3 rings (SSSR count). The first-order valence-corrected chi connectivity index (χ1v) is 6.97. The van der Waals surface area contributed by atoms with Crippen LogP contribution in [0.2, 0.25) is 0 Å². The van der Waals surface area contributed by atoms with Gasteiger partial charge in [0.1, 0.15) is 5.75 Å². The zero-order valence-electron chi connectivity index (χ0n) is 11.8. The van der Waals surface area contributed by atoms with E-state index < -0.39 is 0 Å². The molecule has 1 unspecified atom stereocenters. The highest BCUT2D eigenvalue weighted by molar-refractivity contribution is 5.56. The van der Waals surface area contributed by atoms with Gasteiger partial charge in [0.15, 0.2) is 0 Å². The number of hydrogen-bond donors (Lipinski definition) is 1. The number of rotatable bonds is 3. The molecular formula is C17H20N2O. The van der Waals surface area contributed by atoms with Crippen LogP contribution >= 0.6 is 0 Å². The van der Waals surface area contributed by atoms with Crippen molar-refractivity contribution >= 4 is 5.69 Å². The van der Waals surface area contributed by atoms with Crippen LogP contribution in [-0.4, -0.2) is 19.7 Å². The fourth-order valence-corrected chi connectivity index (χ4v) is 2.82. The molecule has 2 aromatic carbocycles. The highest BCUT2D eigenvalue weighted by Gasteiger charge is 2.21. The molecule has 0 saturated heterocycles. The van der Waals surface area contributed by atoms with Crippen LogP contribution in [0.15, 0.2) is 48.5 Å². The van der Waals surface area contributed by atoms with Crippen molar-refractivity contribution in [1.82, 2.24) is 0 Å². The highest BCUT2D eigenvalue weighted by atomic mass is 16.5. The summed E-state index contributed by atoms with van der Waals surface area (Å²) in [6, 6.07) is 17.0. The second-order valence-electron chi connectivity index (χ2n) is 5.32. The van der Waals surface area contributed by atoms with Gasteiger partial charge in [-0.1, -0.05) is 30.3 Å². The summed E-state index contributed by atoms with van der Waals surface area (Å²) in [5.74, 6) is 0.893. The van der Waals surface area contributed by atoms with Crippen LogP contribution in [0.5, 0.6) is 5.75 Å². The van der Waals surface area contributed by atoms with Crippen molar-refractivity contribution in [3.63, 3.8) is 0 Å². The van der Waals surface area contributed by atoms with Gasteiger partial charge in [0, 0.05) is 24.8 Å². The molecule has 0 aliphatic carbocycles. The van der Waals surface area contributed by atoms with Gasteiger partial charge in [-0.3, -0.25) is 0 Å². The van der Waals surface area contributed by atoms with Crippen molar-refractivity contribution < 1.29 is 4.74 Å². The number of ether oxygens (including phenoxy) is 1. The fourth-order valence-electron chi connectivity index (χ4n) is 2.82. The number of fused-ring (bicyclic) bond motifs is 1. The molecule has 0 spiro atoms. The van der Waals surface area contributed by atoms with Crippen LogP contribution < -0.4 is 15.4 Å². The third-order valence-electron chi connectivity index (χ3n) is 3.80. The molecule has 0 aromatic heterocycles. The number of nitrogens with two attached hydrogens (primary N) is 1. The van der Waals surface area contributed by atoms with E-state index in [9.17, 15) is 0 Å². The van der Waals surface area contributed by atoms with Crippen molar-refractivity contribution in [3.05, 3.63) is 59.7 Å². The molecule has 3 heteroatoms. The average Bonchev–Trinajstić information content (AvgIpc) is 2.48. The van der Waals surface area contributed by atoms with Crippen molar-refractivity contribution in [2.24, 2.45) is 5.73 Å². The lowest BCUT2D eigenvalue weighted by Gasteiger charge is -2.34. The van der Waals surface area contributed by atoms with Crippen LogP contribution in [0.1, 0.15) is 11.1 Å². The zero-order valence-corrected chi connectivity index (χ0v) is 11.8. The van der Waals surface area contributed by atoms with Gasteiger partial charge in [-0.25, -0.2) is 0 Å². The van der Waals surface area contributed by atoms with E-state index in [-0.39, 0.29) is 6.04 Å². The van der Waals surface area contributed by atoms with Gasteiger partial charge < -0.3 is 15.4 Å². The predicted octanol–water partition coefficient (Wildman–Crippen LogP) is 2.59. The molecule has 3 nitrogen and oxygen atoms in total. The zero-order chi connectivity index (χ0) is 13.9. The van der Waals surface area contributed by atoms with Crippen molar-refractivity contribution in [2.75, 3.05) is 18.6 Å². The van der Waals surface area contributed by atoms with Gasteiger partial charge in [0.2, 0.25) is 0 Å². The summed E-state index contributed by atoms with van der Waals surface area (Å²) in [5.41, 5.74) is 10.1. The maximum absolute atomic E-state index is 6.18. The summed E-state index contributed by atoms with van der Waals surface area (Å²) in [6.07, 6.45) is 0.968. The van der Waals surface area contributed by atoms with Crippen LogP contribution in [0, 0.1) is 0 Å². The van der Waals surface area contributed by atoms with Gasteiger partial charge in [0.05, 0.1) is 7.11 Å². The first kappa shape index (κ1) is 13.0. The normalized spacial score (nSPS) is 17.7. The first-order chi connectivity index (χ1) is 9.76. The minimum absolute atomic E-state index is 0.211. The molecule has 1 atom stereocenters. The van der Waals surface area contributed by atoms with E-state index in [0.717, 1.165) is 25.3 Å². The Kier molecular flexibility index (Phi) is 3.61. The van der Waals surface area contributed by atoms with Gasteiger partial charge in [-0.05, 0) is 35.7 Å². The molecule has 2 N–H and O–H groups in total. The van der Waals surface area contributed by atoms with E-state index in [1.54, 1.807) is 7.11 Å². The van der Waals surface area contributed by atoms with E-state index in [1.165, 1.54) is 16.8 Å². The Balaban J connectivity index is 1.83. The van der Waals surface area contributed by atoms with Crippen LogP contribution in [0.3, 0.4) is 0 Å². The Hall–Kier alpha value is -2.00. The maximum Gasteiger partial charge on any atom is 0.118 e. The van der Waals surface area contributed by atoms with E-state index in [0.29, 0.717) is 0 Å². The summed E-state index contributed by atoms with van der Waals surface area (Å²) in [4.78, 5) is 2.37.